The Labute approximate surface area is 148 Å². The number of aromatic nitrogens is 5. The number of rotatable bonds is 5. The lowest BCUT2D eigenvalue weighted by Gasteiger charge is -2.08. The second-order valence-corrected chi connectivity index (χ2v) is 5.29. The monoisotopic (exact) mass is 352 g/mol. The van der Waals surface area contributed by atoms with Gasteiger partial charge in [-0.05, 0) is 19.1 Å². The van der Waals surface area contributed by atoms with E-state index in [-0.39, 0.29) is 35.8 Å². The third kappa shape index (κ3) is 4.17. The zero-order valence-electron chi connectivity index (χ0n) is 13.9. The second kappa shape index (κ2) is 7.38. The number of aryl methyl sites for hydroxylation is 1. The molecule has 1 aromatic carbocycles. The predicted octanol–water partition coefficient (Wildman–Crippen LogP) is 1.24. The molecule has 0 spiro atoms. The summed E-state index contributed by atoms with van der Waals surface area (Å²) in [5, 5.41) is 3.02. The molecule has 2 heterocycles. The fourth-order valence-electron chi connectivity index (χ4n) is 2.03. The third-order valence-corrected chi connectivity index (χ3v) is 3.26. The quantitative estimate of drug-likeness (QED) is 0.571. The first-order chi connectivity index (χ1) is 12.5. The highest BCUT2D eigenvalue weighted by Gasteiger charge is 2.15. The third-order valence-electron chi connectivity index (χ3n) is 3.26. The molecule has 3 aromatic rings. The van der Waals surface area contributed by atoms with E-state index >= 15 is 0 Å². The molecule has 10 heteroatoms. The molecule has 0 fully saturated rings. The van der Waals surface area contributed by atoms with Crippen LogP contribution in [0.1, 0.15) is 21.9 Å². The molecule has 0 saturated heterocycles. The van der Waals surface area contributed by atoms with E-state index in [1.165, 1.54) is 12.4 Å². The van der Waals surface area contributed by atoms with Gasteiger partial charge in [-0.2, -0.15) is 15.0 Å². The number of esters is 1. The summed E-state index contributed by atoms with van der Waals surface area (Å²) in [6.45, 7) is 1.77. The van der Waals surface area contributed by atoms with Crippen LogP contribution >= 0.6 is 0 Å². The molecule has 0 aliphatic rings. The van der Waals surface area contributed by atoms with Crippen LogP contribution in [0.4, 0.5) is 23.4 Å². The minimum Gasteiger partial charge on any atom is -0.453 e. The van der Waals surface area contributed by atoms with Crippen molar-refractivity contribution in [1.29, 1.82) is 0 Å². The Balaban J connectivity index is 1.70. The molecule has 0 aliphatic heterocycles. The lowest BCUT2D eigenvalue weighted by Crippen LogP contribution is -2.14. The minimum absolute atomic E-state index is 0.000299. The molecular weight excluding hydrogens is 336 g/mol. The Morgan fingerprint density at radius 2 is 1.81 bits per heavy atom. The molecule has 0 bridgehead atoms. The highest BCUT2D eigenvalue weighted by atomic mass is 16.5. The fourth-order valence-corrected chi connectivity index (χ4v) is 2.03. The summed E-state index contributed by atoms with van der Waals surface area (Å²) in [6, 6.07) is 7.65. The first-order valence-corrected chi connectivity index (χ1v) is 7.59. The maximum atomic E-state index is 12.0. The molecule has 0 unspecified atom stereocenters. The van der Waals surface area contributed by atoms with Gasteiger partial charge in [0.1, 0.15) is 0 Å². The number of anilines is 4. The van der Waals surface area contributed by atoms with Crippen molar-refractivity contribution < 1.29 is 9.53 Å². The van der Waals surface area contributed by atoms with Crippen LogP contribution in [-0.2, 0) is 11.3 Å². The molecule has 10 nitrogen and oxygen atoms in total. The average molecular weight is 352 g/mol. The number of hydrogen-bond donors (Lipinski definition) is 3. The number of nitrogens with zero attached hydrogens (tertiary/aromatic N) is 5. The molecule has 0 saturated carbocycles. The zero-order chi connectivity index (χ0) is 18.5. The zero-order valence-corrected chi connectivity index (χ0v) is 13.9. The molecule has 5 N–H and O–H groups in total. The van der Waals surface area contributed by atoms with Crippen LogP contribution in [0.25, 0.3) is 0 Å². The van der Waals surface area contributed by atoms with Crippen molar-refractivity contribution in [1.82, 2.24) is 24.9 Å². The summed E-state index contributed by atoms with van der Waals surface area (Å²) in [7, 11) is 0. The predicted molar refractivity (Wildman–Crippen MR) is 94.3 cm³/mol. The lowest BCUT2D eigenvalue weighted by molar-refractivity contribution is 0.0456. The lowest BCUT2D eigenvalue weighted by atomic mass is 10.2. The summed E-state index contributed by atoms with van der Waals surface area (Å²) in [4.78, 5) is 31.8. The van der Waals surface area contributed by atoms with E-state index in [1.807, 2.05) is 31.2 Å². The van der Waals surface area contributed by atoms with Crippen molar-refractivity contribution in [2.24, 2.45) is 0 Å². The van der Waals surface area contributed by atoms with Crippen LogP contribution in [0.2, 0.25) is 0 Å². The van der Waals surface area contributed by atoms with Crippen molar-refractivity contribution in [2.75, 3.05) is 16.8 Å². The Kier molecular flexibility index (Phi) is 4.83. The van der Waals surface area contributed by atoms with Crippen LogP contribution in [0.3, 0.4) is 0 Å². The molecule has 132 valence electrons. The van der Waals surface area contributed by atoms with Crippen LogP contribution in [-0.4, -0.2) is 30.9 Å². The van der Waals surface area contributed by atoms with Gasteiger partial charge in [0.15, 0.2) is 23.9 Å². The average Bonchev–Trinajstić information content (AvgIpc) is 2.62. The molecule has 0 atom stereocenters. The van der Waals surface area contributed by atoms with E-state index in [1.54, 1.807) is 0 Å². The fraction of sp³-hybridized carbons (Fsp3) is 0.125. The highest BCUT2D eigenvalue weighted by molar-refractivity contribution is 5.91. The molecule has 0 radical (unpaired) electrons. The first-order valence-electron chi connectivity index (χ1n) is 7.59. The van der Waals surface area contributed by atoms with Crippen molar-refractivity contribution in [3.63, 3.8) is 0 Å². The number of carbonyl (C=O) groups is 1. The Hall–Kier alpha value is -3.82. The number of nitrogens with one attached hydrogen (secondary N) is 1. The maximum Gasteiger partial charge on any atom is 0.361 e. The maximum absolute atomic E-state index is 12.0. The summed E-state index contributed by atoms with van der Waals surface area (Å²) < 4.78 is 5.11. The summed E-state index contributed by atoms with van der Waals surface area (Å²) in [5.41, 5.74) is 13.1. The second-order valence-electron chi connectivity index (χ2n) is 5.29. The molecule has 2 aromatic heterocycles. The summed E-state index contributed by atoms with van der Waals surface area (Å²) in [5.74, 6) is -0.328. The summed E-state index contributed by atoms with van der Waals surface area (Å²) in [6.07, 6.45) is 2.72. The SMILES string of the molecule is Cc1ccc(Nc2nc(N)nc(COC(=O)c3nccnc3N)n2)cc1. The van der Waals surface area contributed by atoms with E-state index < -0.39 is 5.97 Å². The standard InChI is InChI=1S/C16H16N8O2/c1-9-2-4-10(5-3-9)21-16-23-11(22-15(18)24-16)8-26-14(25)12-13(17)20-7-6-19-12/h2-7H,8H2,1H3,(H2,17,20)(H3,18,21,22,23,24). The Bertz CT molecular complexity index is 930. The van der Waals surface area contributed by atoms with Crippen LogP contribution in [0.15, 0.2) is 36.7 Å². The summed E-state index contributed by atoms with van der Waals surface area (Å²) >= 11 is 0. The van der Waals surface area contributed by atoms with Crippen LogP contribution < -0.4 is 16.8 Å². The van der Waals surface area contributed by atoms with Crippen molar-refractivity contribution in [3.8, 4) is 0 Å². The van der Waals surface area contributed by atoms with Gasteiger partial charge in [-0.1, -0.05) is 17.7 Å². The van der Waals surface area contributed by atoms with Gasteiger partial charge in [-0.15, -0.1) is 0 Å². The van der Waals surface area contributed by atoms with Gasteiger partial charge in [0.05, 0.1) is 0 Å². The van der Waals surface area contributed by atoms with Crippen molar-refractivity contribution >= 4 is 29.4 Å². The van der Waals surface area contributed by atoms with E-state index in [0.29, 0.717) is 0 Å². The molecular formula is C16H16N8O2. The van der Waals surface area contributed by atoms with Gasteiger partial charge >= 0.3 is 5.97 Å². The van der Waals surface area contributed by atoms with Gasteiger partial charge in [0.25, 0.3) is 0 Å². The van der Waals surface area contributed by atoms with E-state index in [0.717, 1.165) is 11.3 Å². The molecule has 0 aliphatic carbocycles. The van der Waals surface area contributed by atoms with Gasteiger partial charge < -0.3 is 21.5 Å². The first kappa shape index (κ1) is 17.0. The normalized spacial score (nSPS) is 10.3. The van der Waals surface area contributed by atoms with Crippen molar-refractivity contribution in [3.05, 3.63) is 53.7 Å². The topological polar surface area (TPSA) is 155 Å². The number of nitrogens with two attached hydrogens (primary N) is 2. The van der Waals surface area contributed by atoms with Crippen LogP contribution in [0, 0.1) is 6.92 Å². The number of hydrogen-bond acceptors (Lipinski definition) is 10. The van der Waals surface area contributed by atoms with Gasteiger partial charge in [-0.3, -0.25) is 0 Å². The Morgan fingerprint density at radius 3 is 2.54 bits per heavy atom. The minimum atomic E-state index is -0.734. The largest absolute Gasteiger partial charge is 0.453 e. The smallest absolute Gasteiger partial charge is 0.361 e. The Morgan fingerprint density at radius 1 is 1.08 bits per heavy atom. The van der Waals surface area contributed by atoms with E-state index in [4.69, 9.17) is 16.2 Å². The highest BCUT2D eigenvalue weighted by Crippen LogP contribution is 2.15. The van der Waals surface area contributed by atoms with Crippen LogP contribution in [0.5, 0.6) is 0 Å². The van der Waals surface area contributed by atoms with Gasteiger partial charge in [0, 0.05) is 18.1 Å². The number of benzene rings is 1. The number of nitrogen functional groups attached to an aromatic ring is 2. The van der Waals surface area contributed by atoms with Crippen molar-refractivity contribution in [2.45, 2.75) is 13.5 Å². The van der Waals surface area contributed by atoms with Gasteiger partial charge in [0.2, 0.25) is 11.9 Å². The van der Waals surface area contributed by atoms with Gasteiger partial charge in [-0.25, -0.2) is 14.8 Å². The number of ether oxygens (including phenoxy) is 1. The molecule has 3 rings (SSSR count). The van der Waals surface area contributed by atoms with E-state index in [9.17, 15) is 4.79 Å². The molecule has 26 heavy (non-hydrogen) atoms. The van der Waals surface area contributed by atoms with E-state index in [2.05, 4.69) is 30.2 Å². The number of carbonyl (C=O) groups excluding carboxylic acids is 1. The molecule has 0 amide bonds.